The second-order valence-electron chi connectivity index (χ2n) is 4.21. The molecule has 5 heteroatoms. The Balaban J connectivity index is 1.71. The summed E-state index contributed by atoms with van der Waals surface area (Å²) in [6.45, 7) is 1.56. The normalized spacial score (nSPS) is 14.0. The molecule has 1 aliphatic rings. The Hall–Kier alpha value is -1.46. The van der Waals surface area contributed by atoms with E-state index in [0.717, 1.165) is 23.2 Å². The summed E-state index contributed by atoms with van der Waals surface area (Å²) < 4.78 is 5.30. The molecular weight excluding hydrogens is 276 g/mol. The lowest BCUT2D eigenvalue weighted by Crippen LogP contribution is -2.42. The number of nitrogens with one attached hydrogen (secondary N) is 1. The fraction of sp³-hybridized carbons (Fsp3) is 0.214. The Bertz CT molecular complexity index is 569. The van der Waals surface area contributed by atoms with Crippen LogP contribution in [0, 0.1) is 0 Å². The lowest BCUT2D eigenvalue weighted by Gasteiger charge is -2.31. The topological polar surface area (TPSA) is 28.4 Å². The van der Waals surface area contributed by atoms with E-state index >= 15 is 0 Å². The molecule has 0 unspecified atom stereocenters. The van der Waals surface area contributed by atoms with Crippen LogP contribution in [0.5, 0.6) is 0 Å². The number of hydrogen-bond donors (Lipinski definition) is 1. The van der Waals surface area contributed by atoms with Crippen LogP contribution >= 0.6 is 24.0 Å². The minimum absolute atomic E-state index is 0.623. The van der Waals surface area contributed by atoms with E-state index < -0.39 is 0 Å². The number of anilines is 1. The lowest BCUT2D eigenvalue weighted by atomic mass is 10.3. The Kier molecular flexibility index (Phi) is 3.75. The van der Waals surface area contributed by atoms with Crippen LogP contribution in [0.15, 0.2) is 52.0 Å². The maximum atomic E-state index is 5.49. The second-order valence-corrected chi connectivity index (χ2v) is 5.73. The summed E-state index contributed by atoms with van der Waals surface area (Å²) in [5, 5.41) is 4.00. The van der Waals surface area contributed by atoms with E-state index in [1.165, 1.54) is 10.6 Å². The number of furan rings is 1. The van der Waals surface area contributed by atoms with Crippen LogP contribution in [0.4, 0.5) is 5.69 Å². The first-order valence-electron chi connectivity index (χ1n) is 6.14. The van der Waals surface area contributed by atoms with Gasteiger partial charge in [-0.3, -0.25) is 0 Å². The van der Waals surface area contributed by atoms with Crippen molar-refractivity contribution in [1.82, 2.24) is 5.32 Å². The second kappa shape index (κ2) is 5.67. The molecule has 3 nitrogen and oxygen atoms in total. The molecule has 1 aliphatic heterocycles. The van der Waals surface area contributed by atoms with Crippen molar-refractivity contribution < 1.29 is 4.42 Å². The van der Waals surface area contributed by atoms with E-state index in [1.54, 1.807) is 6.26 Å². The first kappa shape index (κ1) is 12.6. The summed E-state index contributed by atoms with van der Waals surface area (Å²) >= 11 is 7.37. The highest BCUT2D eigenvalue weighted by molar-refractivity contribution is 7.99. The van der Waals surface area contributed by atoms with Gasteiger partial charge in [0.1, 0.15) is 5.76 Å². The number of thiocarbonyl (C=S) groups is 1. The lowest BCUT2D eigenvalue weighted by molar-refractivity contribution is 0.503. The van der Waals surface area contributed by atoms with Gasteiger partial charge in [-0.1, -0.05) is 12.1 Å². The van der Waals surface area contributed by atoms with Gasteiger partial charge >= 0.3 is 0 Å². The molecule has 1 aromatic heterocycles. The third kappa shape index (κ3) is 2.77. The van der Waals surface area contributed by atoms with Gasteiger partial charge in [-0.2, -0.15) is 0 Å². The Morgan fingerprint density at radius 1 is 1.32 bits per heavy atom. The van der Waals surface area contributed by atoms with Crippen molar-refractivity contribution in [1.29, 1.82) is 0 Å². The third-order valence-electron chi connectivity index (χ3n) is 2.97. The predicted octanol–water partition coefficient (Wildman–Crippen LogP) is 3.27. The van der Waals surface area contributed by atoms with Gasteiger partial charge in [0.05, 0.1) is 18.5 Å². The van der Waals surface area contributed by atoms with Crippen LogP contribution in [0.3, 0.4) is 0 Å². The van der Waals surface area contributed by atoms with Gasteiger partial charge in [-0.05, 0) is 36.5 Å². The van der Waals surface area contributed by atoms with Crippen molar-refractivity contribution in [3.8, 4) is 0 Å². The van der Waals surface area contributed by atoms with Crippen molar-refractivity contribution >= 4 is 34.8 Å². The summed E-state index contributed by atoms with van der Waals surface area (Å²) in [6.07, 6.45) is 1.67. The Labute approximate surface area is 122 Å². The SMILES string of the molecule is S=C(NCc1ccco1)N1CCSc2ccccc21. The molecule has 0 saturated carbocycles. The largest absolute Gasteiger partial charge is 0.467 e. The van der Waals surface area contributed by atoms with Crippen LogP contribution in [-0.2, 0) is 6.54 Å². The molecule has 0 atom stereocenters. The maximum absolute atomic E-state index is 5.49. The van der Waals surface area contributed by atoms with Gasteiger partial charge in [0.2, 0.25) is 0 Å². The number of fused-ring (bicyclic) bond motifs is 1. The molecule has 2 aromatic rings. The van der Waals surface area contributed by atoms with Crippen LogP contribution in [0.2, 0.25) is 0 Å². The Morgan fingerprint density at radius 2 is 2.21 bits per heavy atom. The summed E-state index contributed by atoms with van der Waals surface area (Å²) in [7, 11) is 0. The first-order chi connectivity index (χ1) is 9.34. The molecule has 98 valence electrons. The smallest absolute Gasteiger partial charge is 0.173 e. The first-order valence-corrected chi connectivity index (χ1v) is 7.53. The van der Waals surface area contributed by atoms with E-state index in [4.69, 9.17) is 16.6 Å². The molecule has 19 heavy (non-hydrogen) atoms. The summed E-state index contributed by atoms with van der Waals surface area (Å²) in [6, 6.07) is 12.2. The number of benzene rings is 1. The number of nitrogens with zero attached hydrogens (tertiary/aromatic N) is 1. The monoisotopic (exact) mass is 290 g/mol. The summed E-state index contributed by atoms with van der Waals surface area (Å²) in [4.78, 5) is 3.44. The standard InChI is InChI=1S/C14H14N2OS2/c18-14(15-10-11-4-3-8-17-11)16-7-9-19-13-6-2-1-5-12(13)16/h1-6,8H,7,9-10H2,(H,15,18). The van der Waals surface area contributed by atoms with Crippen molar-refractivity contribution in [3.05, 3.63) is 48.4 Å². The van der Waals surface area contributed by atoms with E-state index in [0.29, 0.717) is 6.54 Å². The van der Waals surface area contributed by atoms with Gasteiger partial charge in [0.15, 0.2) is 5.11 Å². The van der Waals surface area contributed by atoms with E-state index in [9.17, 15) is 0 Å². The van der Waals surface area contributed by atoms with Crippen LogP contribution in [0.1, 0.15) is 5.76 Å². The van der Waals surface area contributed by atoms with Gasteiger partial charge in [0, 0.05) is 17.2 Å². The highest BCUT2D eigenvalue weighted by Crippen LogP contribution is 2.34. The fourth-order valence-electron chi connectivity index (χ4n) is 2.05. The molecule has 0 bridgehead atoms. The number of rotatable bonds is 2. The molecule has 0 fully saturated rings. The molecular formula is C14H14N2OS2. The summed E-state index contributed by atoms with van der Waals surface area (Å²) in [5.74, 6) is 1.95. The van der Waals surface area contributed by atoms with Crippen LogP contribution in [-0.4, -0.2) is 17.4 Å². The highest BCUT2D eigenvalue weighted by Gasteiger charge is 2.19. The van der Waals surface area contributed by atoms with Crippen LogP contribution in [0.25, 0.3) is 0 Å². The zero-order chi connectivity index (χ0) is 13.1. The molecule has 3 rings (SSSR count). The fourth-order valence-corrected chi connectivity index (χ4v) is 3.31. The molecule has 0 radical (unpaired) electrons. The summed E-state index contributed by atoms with van der Waals surface area (Å²) in [5.41, 5.74) is 1.19. The molecule has 0 aliphatic carbocycles. The zero-order valence-electron chi connectivity index (χ0n) is 10.3. The molecule has 0 spiro atoms. The predicted molar refractivity (Wildman–Crippen MR) is 82.7 cm³/mol. The average Bonchev–Trinajstić information content (AvgIpc) is 2.97. The zero-order valence-corrected chi connectivity index (χ0v) is 12.0. The van der Waals surface area contributed by atoms with Crippen molar-refractivity contribution in [2.24, 2.45) is 0 Å². The van der Waals surface area contributed by atoms with Gasteiger partial charge in [0.25, 0.3) is 0 Å². The van der Waals surface area contributed by atoms with Crippen molar-refractivity contribution in [2.75, 3.05) is 17.2 Å². The molecule has 2 heterocycles. The molecule has 1 N–H and O–H groups in total. The third-order valence-corrected chi connectivity index (χ3v) is 4.38. The number of hydrogen-bond acceptors (Lipinski definition) is 3. The van der Waals surface area contributed by atoms with E-state index in [2.05, 4.69) is 28.4 Å². The molecule has 0 saturated heterocycles. The van der Waals surface area contributed by atoms with Gasteiger partial charge < -0.3 is 14.6 Å². The van der Waals surface area contributed by atoms with Crippen molar-refractivity contribution in [2.45, 2.75) is 11.4 Å². The quantitative estimate of drug-likeness (QED) is 0.857. The average molecular weight is 290 g/mol. The highest BCUT2D eigenvalue weighted by atomic mass is 32.2. The molecule has 0 amide bonds. The van der Waals surface area contributed by atoms with Gasteiger partial charge in [-0.25, -0.2) is 0 Å². The van der Waals surface area contributed by atoms with Crippen LogP contribution < -0.4 is 10.2 Å². The van der Waals surface area contributed by atoms with E-state index in [-0.39, 0.29) is 0 Å². The van der Waals surface area contributed by atoms with Gasteiger partial charge in [-0.15, -0.1) is 11.8 Å². The maximum Gasteiger partial charge on any atom is 0.173 e. The Morgan fingerprint density at radius 3 is 3.05 bits per heavy atom. The number of para-hydroxylation sites is 1. The number of thioether (sulfide) groups is 1. The van der Waals surface area contributed by atoms with E-state index in [1.807, 2.05) is 30.0 Å². The minimum atomic E-state index is 0.623. The molecule has 1 aromatic carbocycles. The minimum Gasteiger partial charge on any atom is -0.467 e. The van der Waals surface area contributed by atoms with Crippen molar-refractivity contribution in [3.63, 3.8) is 0 Å².